The van der Waals surface area contributed by atoms with Crippen molar-refractivity contribution < 1.29 is 30.7 Å². The number of halogens is 7. The van der Waals surface area contributed by atoms with Crippen molar-refractivity contribution in [1.82, 2.24) is 0 Å². The van der Waals surface area contributed by atoms with Crippen molar-refractivity contribution in [3.8, 4) is 23.0 Å². The monoisotopic (exact) mass is 532 g/mol. The number of alkyl halides is 3. The third kappa shape index (κ3) is 5.55. The first kappa shape index (κ1) is 26.6. The summed E-state index contributed by atoms with van der Waals surface area (Å²) in [6.45, 7) is 0. The van der Waals surface area contributed by atoms with E-state index in [-0.39, 0.29) is 27.8 Å². The maximum Gasteiger partial charge on any atom is 0.458 e. The van der Waals surface area contributed by atoms with Crippen molar-refractivity contribution in [2.45, 2.75) is 69.9 Å². The molecular formula is C31H27F7. The van der Waals surface area contributed by atoms with E-state index in [1.165, 1.54) is 62.3 Å². The second kappa shape index (κ2) is 10.6. The van der Waals surface area contributed by atoms with Gasteiger partial charge < -0.3 is 0 Å². The minimum absolute atomic E-state index is 0.0426. The molecule has 2 saturated carbocycles. The maximum absolute atomic E-state index is 15.2. The van der Waals surface area contributed by atoms with Crippen LogP contribution in [0.3, 0.4) is 0 Å². The Morgan fingerprint density at radius 1 is 0.684 bits per heavy atom. The molecule has 2 aliphatic carbocycles. The fourth-order valence-electron chi connectivity index (χ4n) is 6.37. The van der Waals surface area contributed by atoms with Crippen LogP contribution in [0.1, 0.15) is 74.8 Å². The van der Waals surface area contributed by atoms with E-state index in [1.807, 2.05) is 0 Å². The average Bonchev–Trinajstić information content (AvgIpc) is 2.88. The molecule has 2 aliphatic rings. The average molecular weight is 533 g/mol. The molecule has 5 rings (SSSR count). The predicted molar refractivity (Wildman–Crippen MR) is 133 cm³/mol. The standard InChI is InChI=1S/C31H27F7/c32-26-17-23-14-21(10-11-24(23)30(35)25(26)12-13-31(36,37)38)29-27(33)15-22(16-28(29)34)20-8-6-19(7-9-20)18-4-2-1-3-5-18/h10-11,14-20H,1-9H2. The van der Waals surface area contributed by atoms with Gasteiger partial charge in [-0.05, 0) is 84.2 Å². The van der Waals surface area contributed by atoms with Gasteiger partial charge in [0.1, 0.15) is 23.3 Å². The molecule has 0 amide bonds. The van der Waals surface area contributed by atoms with Gasteiger partial charge in [0.15, 0.2) is 0 Å². The van der Waals surface area contributed by atoms with E-state index < -0.39 is 35.0 Å². The van der Waals surface area contributed by atoms with Crippen LogP contribution in [0, 0.1) is 46.9 Å². The molecule has 3 aromatic rings. The summed E-state index contributed by atoms with van der Waals surface area (Å²) in [6, 6.07) is 7.17. The van der Waals surface area contributed by atoms with Crippen LogP contribution < -0.4 is 0 Å². The lowest BCUT2D eigenvalue weighted by Gasteiger charge is -2.36. The second-order valence-electron chi connectivity index (χ2n) is 10.6. The minimum Gasteiger partial charge on any atom is -0.206 e. The zero-order valence-corrected chi connectivity index (χ0v) is 20.7. The van der Waals surface area contributed by atoms with Gasteiger partial charge in [0.25, 0.3) is 0 Å². The summed E-state index contributed by atoms with van der Waals surface area (Å²) in [5, 5.41) is -0.243. The Bertz CT molecular complexity index is 1370. The van der Waals surface area contributed by atoms with Gasteiger partial charge in [-0.3, -0.25) is 0 Å². The Balaban J connectivity index is 1.39. The van der Waals surface area contributed by atoms with Crippen molar-refractivity contribution in [3.63, 3.8) is 0 Å². The zero-order valence-electron chi connectivity index (χ0n) is 20.7. The van der Waals surface area contributed by atoms with Gasteiger partial charge in [-0.25, -0.2) is 17.6 Å². The first-order chi connectivity index (χ1) is 18.1. The van der Waals surface area contributed by atoms with Crippen LogP contribution in [-0.2, 0) is 0 Å². The largest absolute Gasteiger partial charge is 0.458 e. The van der Waals surface area contributed by atoms with Crippen LogP contribution >= 0.6 is 0 Å². The molecule has 0 spiro atoms. The van der Waals surface area contributed by atoms with Crippen LogP contribution in [0.25, 0.3) is 21.9 Å². The Hall–Kier alpha value is -3.01. The lowest BCUT2D eigenvalue weighted by atomic mass is 9.70. The van der Waals surface area contributed by atoms with E-state index in [4.69, 9.17) is 0 Å². The van der Waals surface area contributed by atoms with Crippen LogP contribution in [0.5, 0.6) is 0 Å². The van der Waals surface area contributed by atoms with Crippen molar-refractivity contribution in [2.75, 3.05) is 0 Å². The molecule has 0 atom stereocenters. The minimum atomic E-state index is -4.91. The third-order valence-corrected chi connectivity index (χ3v) is 8.27. The summed E-state index contributed by atoms with van der Waals surface area (Å²) in [5.41, 5.74) is -0.625. The highest BCUT2D eigenvalue weighted by Crippen LogP contribution is 2.44. The molecule has 0 unspecified atom stereocenters. The van der Waals surface area contributed by atoms with E-state index in [0.29, 0.717) is 11.5 Å². The van der Waals surface area contributed by atoms with Gasteiger partial charge in [0, 0.05) is 11.3 Å². The molecule has 0 aromatic heterocycles. The Morgan fingerprint density at radius 3 is 1.95 bits per heavy atom. The van der Waals surface area contributed by atoms with Gasteiger partial charge in [0.2, 0.25) is 0 Å². The molecule has 0 saturated heterocycles. The first-order valence-corrected chi connectivity index (χ1v) is 13.1. The van der Waals surface area contributed by atoms with Gasteiger partial charge in [0.05, 0.1) is 11.1 Å². The van der Waals surface area contributed by atoms with Crippen LogP contribution in [-0.4, -0.2) is 6.18 Å². The zero-order chi connectivity index (χ0) is 27.0. The van der Waals surface area contributed by atoms with Crippen molar-refractivity contribution in [3.05, 3.63) is 70.8 Å². The fraction of sp³-hybridized carbons (Fsp3) is 0.419. The SMILES string of the molecule is Fc1cc2cc(-c3c(F)cc(C4CCC(C5CCCCC5)CC4)cc3F)ccc2c(F)c1C#CC(F)(F)F. The van der Waals surface area contributed by atoms with E-state index in [0.717, 1.165) is 49.7 Å². The van der Waals surface area contributed by atoms with Gasteiger partial charge in [-0.15, -0.1) is 0 Å². The summed E-state index contributed by atoms with van der Waals surface area (Å²) in [7, 11) is 0. The van der Waals surface area contributed by atoms with E-state index in [1.54, 1.807) is 0 Å². The molecule has 3 aromatic carbocycles. The third-order valence-electron chi connectivity index (χ3n) is 8.27. The molecular weight excluding hydrogens is 505 g/mol. The molecule has 0 heterocycles. The topological polar surface area (TPSA) is 0 Å². The molecule has 7 heteroatoms. The van der Waals surface area contributed by atoms with Gasteiger partial charge in [-0.2, -0.15) is 13.2 Å². The van der Waals surface area contributed by atoms with Crippen molar-refractivity contribution >= 4 is 10.8 Å². The number of rotatable bonds is 3. The van der Waals surface area contributed by atoms with Crippen molar-refractivity contribution in [2.24, 2.45) is 11.8 Å². The van der Waals surface area contributed by atoms with Crippen LogP contribution in [0.15, 0.2) is 36.4 Å². The summed E-state index contributed by atoms with van der Waals surface area (Å²) in [4.78, 5) is 0. The normalized spacial score (nSPS) is 20.8. The maximum atomic E-state index is 15.2. The molecule has 0 nitrogen and oxygen atoms in total. The Kier molecular flexibility index (Phi) is 7.44. The highest BCUT2D eigenvalue weighted by atomic mass is 19.4. The highest BCUT2D eigenvalue weighted by Gasteiger charge is 2.30. The molecule has 0 bridgehead atoms. The lowest BCUT2D eigenvalue weighted by molar-refractivity contribution is -0.0696. The Morgan fingerprint density at radius 2 is 1.32 bits per heavy atom. The fourth-order valence-corrected chi connectivity index (χ4v) is 6.37. The quantitative estimate of drug-likeness (QED) is 0.233. The first-order valence-electron chi connectivity index (χ1n) is 13.1. The molecule has 0 aliphatic heterocycles. The smallest absolute Gasteiger partial charge is 0.206 e. The van der Waals surface area contributed by atoms with Crippen molar-refractivity contribution in [1.29, 1.82) is 0 Å². The number of hydrogen-bond donors (Lipinski definition) is 0. The number of fused-ring (bicyclic) bond motifs is 1. The molecule has 200 valence electrons. The number of benzene rings is 3. The summed E-state index contributed by atoms with van der Waals surface area (Å²) < 4.78 is 96.8. The summed E-state index contributed by atoms with van der Waals surface area (Å²) >= 11 is 0. The highest BCUT2D eigenvalue weighted by molar-refractivity contribution is 5.89. The molecule has 38 heavy (non-hydrogen) atoms. The van der Waals surface area contributed by atoms with E-state index in [9.17, 15) is 22.0 Å². The van der Waals surface area contributed by atoms with Crippen LogP contribution in [0.4, 0.5) is 30.7 Å². The predicted octanol–water partition coefficient (Wildman–Crippen LogP) is 9.83. The Labute approximate surface area is 217 Å². The summed E-state index contributed by atoms with van der Waals surface area (Å²) in [6.07, 6.45) is 5.50. The van der Waals surface area contributed by atoms with Crippen LogP contribution in [0.2, 0.25) is 0 Å². The van der Waals surface area contributed by atoms with E-state index >= 15 is 8.78 Å². The number of hydrogen-bond acceptors (Lipinski definition) is 0. The van der Waals surface area contributed by atoms with Gasteiger partial charge in [-0.1, -0.05) is 50.2 Å². The molecule has 0 radical (unpaired) electrons. The molecule has 2 fully saturated rings. The second-order valence-corrected chi connectivity index (χ2v) is 10.6. The van der Waals surface area contributed by atoms with Gasteiger partial charge >= 0.3 is 6.18 Å². The molecule has 0 N–H and O–H groups in total. The van der Waals surface area contributed by atoms with E-state index in [2.05, 4.69) is 0 Å². The lowest BCUT2D eigenvalue weighted by Crippen LogP contribution is -2.23. The summed E-state index contributed by atoms with van der Waals surface area (Å²) in [5.74, 6) is -0.168.